The second-order valence-corrected chi connectivity index (χ2v) is 5.19. The Bertz CT molecular complexity index is 527. The number of aromatic nitrogens is 2. The van der Waals surface area contributed by atoms with Crippen molar-refractivity contribution in [2.75, 3.05) is 12.3 Å². The van der Waals surface area contributed by atoms with E-state index in [0.717, 1.165) is 24.1 Å². The van der Waals surface area contributed by atoms with E-state index in [1.165, 1.54) is 32.1 Å². The largest absolute Gasteiger partial charge is 0.369 e. The number of para-hydroxylation sites is 2. The highest BCUT2D eigenvalue weighted by Crippen LogP contribution is 2.17. The van der Waals surface area contributed by atoms with E-state index in [1.54, 1.807) is 0 Å². The van der Waals surface area contributed by atoms with Gasteiger partial charge >= 0.3 is 0 Å². The van der Waals surface area contributed by atoms with E-state index in [2.05, 4.69) is 11.9 Å². The van der Waals surface area contributed by atoms with Crippen molar-refractivity contribution < 1.29 is 4.74 Å². The number of hydrogen-bond acceptors (Lipinski definition) is 3. The van der Waals surface area contributed by atoms with Crippen molar-refractivity contribution >= 4 is 29.4 Å². The van der Waals surface area contributed by atoms with Crippen molar-refractivity contribution in [3.8, 4) is 0 Å². The molecule has 0 bridgehead atoms. The van der Waals surface area contributed by atoms with Crippen LogP contribution in [0.1, 0.15) is 45.4 Å². The Morgan fingerprint density at radius 1 is 1.10 bits per heavy atom. The second-order valence-electron chi connectivity index (χ2n) is 5.19. The summed E-state index contributed by atoms with van der Waals surface area (Å²) in [7, 11) is 0. The number of rotatable bonds is 9. The molecule has 2 rings (SSSR count). The predicted octanol–water partition coefficient (Wildman–Crippen LogP) is 4.37. The van der Waals surface area contributed by atoms with E-state index < -0.39 is 0 Å². The van der Waals surface area contributed by atoms with Gasteiger partial charge in [-0.05, 0) is 18.6 Å². The average Bonchev–Trinajstić information content (AvgIpc) is 2.78. The topological polar surface area (TPSA) is 53.1 Å². The number of halogens is 1. The van der Waals surface area contributed by atoms with Crippen molar-refractivity contribution in [3.63, 3.8) is 0 Å². The van der Waals surface area contributed by atoms with Gasteiger partial charge in [0.05, 0.1) is 11.0 Å². The molecule has 1 heterocycles. The molecule has 2 N–H and O–H groups in total. The second kappa shape index (κ2) is 9.64. The van der Waals surface area contributed by atoms with Gasteiger partial charge < -0.3 is 10.5 Å². The molecule has 0 spiro atoms. The van der Waals surface area contributed by atoms with Gasteiger partial charge in [-0.15, -0.1) is 12.4 Å². The van der Waals surface area contributed by atoms with Crippen molar-refractivity contribution in [3.05, 3.63) is 24.3 Å². The smallest absolute Gasteiger partial charge is 0.203 e. The van der Waals surface area contributed by atoms with Crippen LogP contribution in [-0.2, 0) is 11.5 Å². The molecule has 1 aromatic heterocycles. The minimum absolute atomic E-state index is 0. The monoisotopic (exact) mass is 311 g/mol. The molecular weight excluding hydrogens is 286 g/mol. The van der Waals surface area contributed by atoms with Gasteiger partial charge in [-0.1, -0.05) is 51.2 Å². The molecule has 0 aliphatic carbocycles. The molecule has 1 aromatic carbocycles. The normalized spacial score (nSPS) is 10.7. The van der Waals surface area contributed by atoms with Crippen LogP contribution in [0, 0.1) is 0 Å². The van der Waals surface area contributed by atoms with Crippen LogP contribution in [-0.4, -0.2) is 16.2 Å². The number of nitrogen functional groups attached to an aromatic ring is 1. The molecule has 118 valence electrons. The third-order valence-electron chi connectivity index (χ3n) is 3.55. The summed E-state index contributed by atoms with van der Waals surface area (Å²) in [6, 6.07) is 7.95. The number of unbranched alkanes of at least 4 members (excludes halogenated alkanes) is 5. The van der Waals surface area contributed by atoms with Crippen LogP contribution >= 0.6 is 12.4 Å². The van der Waals surface area contributed by atoms with Crippen LogP contribution in [0.3, 0.4) is 0 Å². The SMILES string of the molecule is CCCCCCCCOCn1c(N)nc2ccccc21.Cl. The molecule has 0 aliphatic heterocycles. The first-order chi connectivity index (χ1) is 9.83. The molecule has 0 unspecified atom stereocenters. The molecule has 0 atom stereocenters. The third kappa shape index (κ3) is 5.21. The fourth-order valence-corrected chi connectivity index (χ4v) is 2.37. The number of fused-ring (bicyclic) bond motifs is 1. The maximum atomic E-state index is 5.92. The molecule has 0 amide bonds. The van der Waals surface area contributed by atoms with Crippen molar-refractivity contribution in [1.82, 2.24) is 9.55 Å². The molecule has 21 heavy (non-hydrogen) atoms. The quantitative estimate of drug-likeness (QED) is 0.699. The van der Waals surface area contributed by atoms with Gasteiger partial charge in [0.25, 0.3) is 0 Å². The van der Waals surface area contributed by atoms with E-state index in [9.17, 15) is 0 Å². The molecule has 0 fully saturated rings. The lowest BCUT2D eigenvalue weighted by atomic mass is 10.1. The highest BCUT2D eigenvalue weighted by atomic mass is 35.5. The molecule has 0 saturated heterocycles. The summed E-state index contributed by atoms with van der Waals surface area (Å²) in [6.45, 7) is 3.52. The fraction of sp³-hybridized carbons (Fsp3) is 0.562. The molecule has 0 aliphatic rings. The van der Waals surface area contributed by atoms with Crippen molar-refractivity contribution in [2.45, 2.75) is 52.2 Å². The van der Waals surface area contributed by atoms with Gasteiger partial charge in [-0.3, -0.25) is 4.57 Å². The highest BCUT2D eigenvalue weighted by molar-refractivity contribution is 5.85. The molecule has 2 aromatic rings. The molecular formula is C16H26ClN3O. The third-order valence-corrected chi connectivity index (χ3v) is 3.55. The van der Waals surface area contributed by atoms with Crippen LogP contribution in [0.25, 0.3) is 11.0 Å². The van der Waals surface area contributed by atoms with Gasteiger partial charge in [0.1, 0.15) is 6.73 Å². The molecule has 0 radical (unpaired) electrons. The number of benzene rings is 1. The van der Waals surface area contributed by atoms with Crippen LogP contribution in [0.2, 0.25) is 0 Å². The summed E-state index contributed by atoms with van der Waals surface area (Å²) in [5.74, 6) is 0.522. The van der Waals surface area contributed by atoms with E-state index in [1.807, 2.05) is 28.8 Å². The number of imidazole rings is 1. The van der Waals surface area contributed by atoms with Crippen LogP contribution in [0.4, 0.5) is 5.95 Å². The van der Waals surface area contributed by atoms with Gasteiger partial charge in [-0.2, -0.15) is 0 Å². The first-order valence-corrected chi connectivity index (χ1v) is 7.61. The van der Waals surface area contributed by atoms with E-state index in [0.29, 0.717) is 12.7 Å². The Hall–Kier alpha value is -1.26. The zero-order valence-corrected chi connectivity index (χ0v) is 13.6. The van der Waals surface area contributed by atoms with Gasteiger partial charge in [0.2, 0.25) is 5.95 Å². The van der Waals surface area contributed by atoms with Crippen LogP contribution < -0.4 is 5.73 Å². The van der Waals surface area contributed by atoms with Crippen molar-refractivity contribution in [2.24, 2.45) is 0 Å². The zero-order valence-electron chi connectivity index (χ0n) is 12.8. The van der Waals surface area contributed by atoms with Crippen molar-refractivity contribution in [1.29, 1.82) is 0 Å². The average molecular weight is 312 g/mol. The van der Waals surface area contributed by atoms with Gasteiger partial charge in [0.15, 0.2) is 0 Å². The Labute approximate surface area is 133 Å². The summed E-state index contributed by atoms with van der Waals surface area (Å²) in [5.41, 5.74) is 7.88. The maximum Gasteiger partial charge on any atom is 0.203 e. The predicted molar refractivity (Wildman–Crippen MR) is 90.7 cm³/mol. The Balaban J connectivity index is 0.00000220. The summed E-state index contributed by atoms with van der Waals surface area (Å²) in [4.78, 5) is 4.32. The van der Waals surface area contributed by atoms with Crippen LogP contribution in [0.5, 0.6) is 0 Å². The summed E-state index contributed by atoms with van der Waals surface area (Å²) in [5, 5.41) is 0. The lowest BCUT2D eigenvalue weighted by Crippen LogP contribution is -2.07. The van der Waals surface area contributed by atoms with E-state index >= 15 is 0 Å². The maximum absolute atomic E-state index is 5.92. The number of anilines is 1. The minimum Gasteiger partial charge on any atom is -0.369 e. The van der Waals surface area contributed by atoms with E-state index in [4.69, 9.17) is 10.5 Å². The molecule has 0 saturated carbocycles. The Morgan fingerprint density at radius 2 is 1.81 bits per heavy atom. The number of nitrogens with zero attached hydrogens (tertiary/aromatic N) is 2. The van der Waals surface area contributed by atoms with Crippen LogP contribution in [0.15, 0.2) is 24.3 Å². The zero-order chi connectivity index (χ0) is 14.2. The fourth-order valence-electron chi connectivity index (χ4n) is 2.37. The number of hydrogen-bond donors (Lipinski definition) is 1. The minimum atomic E-state index is 0. The Morgan fingerprint density at radius 3 is 2.62 bits per heavy atom. The lowest BCUT2D eigenvalue weighted by Gasteiger charge is -2.07. The van der Waals surface area contributed by atoms with Gasteiger partial charge in [0, 0.05) is 6.61 Å². The standard InChI is InChI=1S/C16H25N3O.ClH/c1-2-3-4-5-6-9-12-20-13-19-15-11-8-7-10-14(15)18-16(19)17;/h7-8,10-11H,2-6,9,12-13H2,1H3,(H2,17,18);1H. The number of ether oxygens (including phenoxy) is 1. The Kier molecular flexibility index (Phi) is 8.16. The summed E-state index contributed by atoms with van der Waals surface area (Å²) < 4.78 is 7.64. The number of nitrogens with two attached hydrogens (primary N) is 1. The molecule has 5 heteroatoms. The summed E-state index contributed by atoms with van der Waals surface area (Å²) >= 11 is 0. The summed E-state index contributed by atoms with van der Waals surface area (Å²) in [6.07, 6.45) is 7.67. The first kappa shape index (κ1) is 17.8. The highest BCUT2D eigenvalue weighted by Gasteiger charge is 2.06. The van der Waals surface area contributed by atoms with Gasteiger partial charge in [-0.25, -0.2) is 4.98 Å². The molecule has 4 nitrogen and oxygen atoms in total. The van der Waals surface area contributed by atoms with E-state index in [-0.39, 0.29) is 12.4 Å². The first-order valence-electron chi connectivity index (χ1n) is 7.61. The lowest BCUT2D eigenvalue weighted by molar-refractivity contribution is 0.0776.